The molecular weight excluding hydrogens is 1050 g/mol. The Morgan fingerprint density at radius 1 is 0.875 bits per heavy atom. The number of aromatic nitrogens is 1. The molecule has 0 aliphatic carbocycles. The number of halogens is 2. The van der Waals surface area contributed by atoms with Crippen LogP contribution in [0.25, 0.3) is 10.4 Å². The molecule has 3 fully saturated rings. The molecule has 4 heterocycles. The van der Waals surface area contributed by atoms with Crippen molar-refractivity contribution in [2.24, 2.45) is 5.41 Å². The van der Waals surface area contributed by atoms with Gasteiger partial charge in [-0.05, 0) is 96.3 Å². The van der Waals surface area contributed by atoms with Crippen molar-refractivity contribution in [3.63, 3.8) is 0 Å². The molecule has 19 nitrogen and oxygen atoms in total. The number of rotatable bonds is 20. The van der Waals surface area contributed by atoms with Crippen LogP contribution in [0.5, 0.6) is 0 Å². The van der Waals surface area contributed by atoms with E-state index < -0.39 is 58.9 Å². The van der Waals surface area contributed by atoms with Crippen LogP contribution in [-0.4, -0.2) is 152 Å². The average molecular weight is 1120 g/mol. The molecule has 5 aromatic rings. The normalized spacial score (nSPS) is 17.2. The molecule has 80 heavy (non-hydrogen) atoms. The number of likely N-dealkylation sites (tertiary alicyclic amines) is 1. The van der Waals surface area contributed by atoms with Gasteiger partial charge in [-0.15, -0.1) is 11.3 Å². The molecule has 22 heteroatoms. The van der Waals surface area contributed by atoms with Crippen molar-refractivity contribution in [3.05, 3.63) is 130 Å². The highest BCUT2D eigenvalue weighted by molar-refractivity contribution is 7.13. The van der Waals surface area contributed by atoms with Gasteiger partial charge >= 0.3 is 0 Å². The van der Waals surface area contributed by atoms with E-state index in [9.17, 15) is 37.9 Å². The lowest BCUT2D eigenvalue weighted by Gasteiger charge is -2.36. The van der Waals surface area contributed by atoms with Gasteiger partial charge < -0.3 is 61.0 Å². The molecular formula is C58H70F2N10O9S. The number of thiazole rings is 1. The smallest absolute Gasteiger partial charge is 0.258 e. The van der Waals surface area contributed by atoms with E-state index in [-0.39, 0.29) is 81.4 Å². The van der Waals surface area contributed by atoms with E-state index >= 15 is 0 Å². The Morgan fingerprint density at radius 2 is 1.56 bits per heavy atom. The van der Waals surface area contributed by atoms with Gasteiger partial charge in [0.05, 0.1) is 41.0 Å². The summed E-state index contributed by atoms with van der Waals surface area (Å²) in [5.41, 5.74) is 13.4. The van der Waals surface area contributed by atoms with Crippen LogP contribution in [0.15, 0.2) is 84.4 Å². The minimum absolute atomic E-state index is 0.00129. The highest BCUT2D eigenvalue weighted by Gasteiger charge is 2.44. The molecule has 5 amide bonds. The molecule has 0 spiro atoms. The number of β-amino-alcohol motifs (C(OH)–C–C–N with tert-alkyl or cyclic N) is 1. The van der Waals surface area contributed by atoms with Crippen molar-refractivity contribution in [1.82, 2.24) is 30.7 Å². The fourth-order valence-electron chi connectivity index (χ4n) is 9.97. The molecule has 3 saturated heterocycles. The molecule has 0 bridgehead atoms. The van der Waals surface area contributed by atoms with E-state index in [1.165, 1.54) is 17.0 Å². The third-order valence-corrected chi connectivity index (χ3v) is 15.3. The lowest BCUT2D eigenvalue weighted by molar-refractivity contribution is -0.144. The van der Waals surface area contributed by atoms with E-state index in [2.05, 4.69) is 31.2 Å². The number of nitrogens with zero attached hydrogens (tertiary/aromatic N) is 4. The molecule has 0 unspecified atom stereocenters. The summed E-state index contributed by atoms with van der Waals surface area (Å²) >= 11 is 1.56. The van der Waals surface area contributed by atoms with Crippen molar-refractivity contribution < 1.29 is 52.1 Å². The summed E-state index contributed by atoms with van der Waals surface area (Å²) in [5.74, 6) is -3.84. The van der Waals surface area contributed by atoms with E-state index in [1.54, 1.807) is 66.8 Å². The van der Waals surface area contributed by atoms with Crippen molar-refractivity contribution in [2.75, 3.05) is 88.3 Å². The van der Waals surface area contributed by atoms with Gasteiger partial charge in [0.15, 0.2) is 0 Å². The number of amidine groups is 1. The first-order valence-electron chi connectivity index (χ1n) is 26.7. The zero-order chi connectivity index (χ0) is 57.1. The highest BCUT2D eigenvalue weighted by Crippen LogP contribution is 2.31. The first-order chi connectivity index (χ1) is 38.3. The Balaban J connectivity index is 0.774. The number of nitrogen functional groups attached to an aromatic ring is 1. The van der Waals surface area contributed by atoms with Crippen molar-refractivity contribution in [2.45, 2.75) is 84.2 Å². The number of amides is 5. The maximum absolute atomic E-state index is 14.1. The van der Waals surface area contributed by atoms with Gasteiger partial charge in [0, 0.05) is 93.6 Å². The molecule has 0 radical (unpaired) electrons. The molecule has 8 N–H and O–H groups in total. The van der Waals surface area contributed by atoms with Gasteiger partial charge in [-0.2, -0.15) is 0 Å². The number of ether oxygens (including phenoxy) is 3. The number of hydrogen-bond donors (Lipinski definition) is 7. The van der Waals surface area contributed by atoms with Crippen LogP contribution >= 0.6 is 11.3 Å². The summed E-state index contributed by atoms with van der Waals surface area (Å²) in [7, 11) is 0. The van der Waals surface area contributed by atoms with Gasteiger partial charge in [0.1, 0.15) is 42.8 Å². The molecule has 3 atom stereocenters. The van der Waals surface area contributed by atoms with Crippen molar-refractivity contribution >= 4 is 63.8 Å². The molecule has 3 aliphatic heterocycles. The monoisotopic (exact) mass is 1120 g/mol. The van der Waals surface area contributed by atoms with Crippen LogP contribution in [0.4, 0.5) is 25.8 Å². The number of nitrogens with two attached hydrogens (primary N) is 1. The quantitative estimate of drug-likeness (QED) is 0.0223. The topological polar surface area (TPSA) is 254 Å². The summed E-state index contributed by atoms with van der Waals surface area (Å²) in [6.45, 7) is 9.91. The summed E-state index contributed by atoms with van der Waals surface area (Å²) < 4.78 is 44.6. The highest BCUT2D eigenvalue weighted by atomic mass is 32.1. The number of nitrogens with one attached hydrogen (secondary N) is 5. The lowest BCUT2D eigenvalue weighted by atomic mass is 9.85. The maximum atomic E-state index is 14.1. The Morgan fingerprint density at radius 3 is 2.24 bits per heavy atom. The zero-order valence-corrected chi connectivity index (χ0v) is 46.3. The summed E-state index contributed by atoms with van der Waals surface area (Å²) in [6, 6.07) is 19.5. The Bertz CT molecular complexity index is 3010. The van der Waals surface area contributed by atoms with Gasteiger partial charge in [0.2, 0.25) is 23.6 Å². The average Bonchev–Trinajstić information content (AvgIpc) is 4.06. The summed E-state index contributed by atoms with van der Waals surface area (Å²) in [4.78, 5) is 78.4. The molecule has 8 rings (SSSR count). The largest absolute Gasteiger partial charge is 0.398 e. The second-order valence-corrected chi connectivity index (χ2v) is 22.2. The number of hydrogen-bond acceptors (Lipinski definition) is 15. The SMILES string of the molecule is Cc1ncsc1-c1ccc(CNC(=O)[C@@H]2C[C@@H](O)CN2C(=O)[C@@H](NC(=O)COCCOCC(=O)N2CCN(c3ccc(C(=O)NC(=N)c4cc(Cc5cc(F)cc(F)c5)ccc4N)c(NC4CCOCC4)c3)CC2)C(C)(C)C)cc1. The van der Waals surface area contributed by atoms with Crippen LogP contribution in [-0.2, 0) is 46.4 Å². The number of aliphatic hydroxyl groups excluding tert-OH is 1. The van der Waals surface area contributed by atoms with Gasteiger partial charge in [-0.25, -0.2) is 13.8 Å². The maximum Gasteiger partial charge on any atom is 0.258 e. The van der Waals surface area contributed by atoms with E-state index in [0.29, 0.717) is 61.8 Å². The van der Waals surface area contributed by atoms with Crippen molar-refractivity contribution in [3.8, 4) is 10.4 Å². The third-order valence-electron chi connectivity index (χ3n) is 14.3. The Kier molecular flexibility index (Phi) is 19.6. The van der Waals surface area contributed by atoms with E-state index in [4.69, 9.17) is 25.4 Å². The number of aliphatic hydroxyl groups is 1. The molecule has 3 aliphatic rings. The molecule has 426 valence electrons. The predicted molar refractivity (Wildman–Crippen MR) is 300 cm³/mol. The van der Waals surface area contributed by atoms with Crippen LogP contribution in [0.3, 0.4) is 0 Å². The van der Waals surface area contributed by atoms with E-state index in [1.807, 2.05) is 43.3 Å². The fourth-order valence-corrected chi connectivity index (χ4v) is 10.8. The summed E-state index contributed by atoms with van der Waals surface area (Å²) in [5, 5.41) is 31.3. The van der Waals surface area contributed by atoms with E-state index in [0.717, 1.165) is 46.3 Å². The molecule has 0 saturated carbocycles. The van der Waals surface area contributed by atoms with Gasteiger partial charge in [0.25, 0.3) is 5.91 Å². The number of aryl methyl sites for hydroxylation is 1. The minimum Gasteiger partial charge on any atom is -0.398 e. The first kappa shape index (κ1) is 58.8. The number of carbonyl (C=O) groups excluding carboxylic acids is 5. The third kappa shape index (κ3) is 15.5. The molecule has 1 aromatic heterocycles. The summed E-state index contributed by atoms with van der Waals surface area (Å²) in [6.07, 6.45) is 0.783. The number of carbonyl (C=O) groups is 5. The fraction of sp³-hybridized carbons (Fsp3) is 0.431. The van der Waals surface area contributed by atoms with Crippen LogP contribution < -0.4 is 31.9 Å². The van der Waals surface area contributed by atoms with Gasteiger partial charge in [-0.1, -0.05) is 51.1 Å². The minimum atomic E-state index is -1.03. The Hall–Kier alpha value is -7.37. The second-order valence-electron chi connectivity index (χ2n) is 21.4. The first-order valence-corrected chi connectivity index (χ1v) is 27.6. The lowest BCUT2D eigenvalue weighted by Crippen LogP contribution is -2.58. The van der Waals surface area contributed by atoms with Crippen LogP contribution in [0.2, 0.25) is 0 Å². The zero-order valence-electron chi connectivity index (χ0n) is 45.4. The van der Waals surface area contributed by atoms with Gasteiger partial charge in [-0.3, -0.25) is 29.4 Å². The van der Waals surface area contributed by atoms with Crippen LogP contribution in [0, 0.1) is 29.4 Å². The van der Waals surface area contributed by atoms with Crippen molar-refractivity contribution in [1.29, 1.82) is 5.41 Å². The predicted octanol–water partition coefficient (Wildman–Crippen LogP) is 5.41. The van der Waals surface area contributed by atoms with Crippen LogP contribution in [0.1, 0.15) is 78.3 Å². The number of anilines is 3. The standard InChI is InChI=1S/C58H70F2N10O9S/c1-35-52(80-34-64-35)39-8-5-36(6-9-39)30-63-56(75)49-29-44(71)31-70(49)57(76)53(58(2,3)4)66-50(72)32-78-21-22-79-33-51(73)69-17-15-68(16-18-69)43-10-11-45(48(28-43)65-42-13-19-77-20-14-42)55(74)67-54(62)46-26-37(7-12-47(46)61)23-38-24-40(59)27-41(60)25-38/h5-12,24-28,34,42,44,49,53,65,71H,13-23,29-33,61H2,1-4H3,(H,63,75)(H,66,72)(H2,62,67,74)/t44-,49+,53-/m1/s1. The molecule has 4 aromatic carbocycles. The number of benzene rings is 4. The second kappa shape index (κ2) is 26.7. The Labute approximate surface area is 468 Å². The number of piperazine rings is 1.